The maximum Gasteiger partial charge on any atom is 0.337 e. The number of urea groups is 1. The molecule has 2 aromatic rings. The van der Waals surface area contributed by atoms with Crippen molar-refractivity contribution in [3.63, 3.8) is 0 Å². The minimum atomic E-state index is -0.569. The van der Waals surface area contributed by atoms with E-state index in [4.69, 9.17) is 0 Å². The smallest absolute Gasteiger partial charge is 0.337 e. The van der Waals surface area contributed by atoms with Gasteiger partial charge < -0.3 is 9.88 Å². The number of carbonyl (C=O) groups is 3. The van der Waals surface area contributed by atoms with Gasteiger partial charge in [-0.3, -0.25) is 15.0 Å². The van der Waals surface area contributed by atoms with Crippen LogP contribution in [0.25, 0.3) is 0 Å². The van der Waals surface area contributed by atoms with Crippen LogP contribution in [0.5, 0.6) is 0 Å². The first-order valence-electron chi connectivity index (χ1n) is 7.03. The van der Waals surface area contributed by atoms with Crippen molar-refractivity contribution in [2.45, 2.75) is 13.3 Å². The third-order valence-electron chi connectivity index (χ3n) is 3.26. The number of aromatic nitrogens is 1. The zero-order valence-electron chi connectivity index (χ0n) is 12.9. The number of anilines is 1. The molecule has 0 bridgehead atoms. The Labute approximate surface area is 133 Å². The van der Waals surface area contributed by atoms with Crippen LogP contribution in [0.15, 0.2) is 42.6 Å². The van der Waals surface area contributed by atoms with Gasteiger partial charge in [-0.05, 0) is 43.3 Å². The van der Waals surface area contributed by atoms with E-state index in [1.165, 1.54) is 6.92 Å². The van der Waals surface area contributed by atoms with E-state index in [0.717, 1.165) is 5.69 Å². The molecule has 0 aliphatic carbocycles. The molecule has 0 saturated heterocycles. The summed E-state index contributed by atoms with van der Waals surface area (Å²) in [6.45, 7) is 1.47. The van der Waals surface area contributed by atoms with Gasteiger partial charge >= 0.3 is 6.03 Å². The van der Waals surface area contributed by atoms with Crippen molar-refractivity contribution in [1.29, 1.82) is 0 Å². The Morgan fingerprint density at radius 1 is 1.04 bits per heavy atom. The lowest BCUT2D eigenvalue weighted by molar-refractivity contribution is -0.121. The van der Waals surface area contributed by atoms with Crippen molar-refractivity contribution in [3.8, 4) is 0 Å². The van der Waals surface area contributed by atoms with E-state index in [-0.39, 0.29) is 18.1 Å². The van der Waals surface area contributed by atoms with E-state index in [0.29, 0.717) is 11.3 Å². The summed E-state index contributed by atoms with van der Waals surface area (Å²) >= 11 is 0. The number of hydrazine groups is 1. The SMILES string of the molecule is CC(=O)c1ccc(NC(=O)NNC(=O)Cc2cccn2C)cc1. The van der Waals surface area contributed by atoms with Crippen LogP contribution < -0.4 is 16.2 Å². The molecule has 0 aliphatic rings. The van der Waals surface area contributed by atoms with Crippen LogP contribution in [-0.4, -0.2) is 22.3 Å². The minimum Gasteiger partial charge on any atom is -0.354 e. The van der Waals surface area contributed by atoms with Gasteiger partial charge in [0.25, 0.3) is 0 Å². The predicted octanol–water partition coefficient (Wildman–Crippen LogP) is 1.62. The Kier molecular flexibility index (Phi) is 5.14. The molecule has 0 radical (unpaired) electrons. The van der Waals surface area contributed by atoms with Crippen LogP contribution >= 0.6 is 0 Å². The van der Waals surface area contributed by atoms with E-state index in [1.54, 1.807) is 24.3 Å². The Balaban J connectivity index is 1.79. The van der Waals surface area contributed by atoms with Crippen LogP contribution in [0.1, 0.15) is 23.0 Å². The number of benzene rings is 1. The quantitative estimate of drug-likeness (QED) is 0.591. The first kappa shape index (κ1) is 16.3. The molecule has 3 amide bonds. The first-order chi connectivity index (χ1) is 11.0. The fraction of sp³-hybridized carbons (Fsp3) is 0.188. The van der Waals surface area contributed by atoms with E-state index < -0.39 is 6.03 Å². The number of nitrogens with one attached hydrogen (secondary N) is 3. The van der Waals surface area contributed by atoms with Gasteiger partial charge in [-0.2, -0.15) is 0 Å². The van der Waals surface area contributed by atoms with Gasteiger partial charge in [-0.25, -0.2) is 10.2 Å². The van der Waals surface area contributed by atoms with Crippen molar-refractivity contribution >= 4 is 23.4 Å². The highest BCUT2D eigenvalue weighted by atomic mass is 16.2. The summed E-state index contributed by atoms with van der Waals surface area (Å²) in [6.07, 6.45) is 2.00. The van der Waals surface area contributed by atoms with Crippen molar-refractivity contribution in [2.24, 2.45) is 7.05 Å². The van der Waals surface area contributed by atoms with Gasteiger partial charge in [-0.15, -0.1) is 0 Å². The Morgan fingerprint density at radius 3 is 2.30 bits per heavy atom. The van der Waals surface area contributed by atoms with Gasteiger partial charge in [0.15, 0.2) is 5.78 Å². The molecule has 0 aliphatic heterocycles. The lowest BCUT2D eigenvalue weighted by atomic mass is 10.1. The maximum atomic E-state index is 11.7. The second kappa shape index (κ2) is 7.26. The monoisotopic (exact) mass is 314 g/mol. The van der Waals surface area contributed by atoms with Crippen molar-refractivity contribution in [2.75, 3.05) is 5.32 Å². The third kappa shape index (κ3) is 4.70. The van der Waals surface area contributed by atoms with E-state index in [2.05, 4.69) is 16.2 Å². The van der Waals surface area contributed by atoms with Gasteiger partial charge in [-0.1, -0.05) is 0 Å². The number of amides is 3. The Hall–Kier alpha value is -3.09. The molecule has 0 spiro atoms. The molecule has 1 heterocycles. The molecule has 1 aromatic heterocycles. The largest absolute Gasteiger partial charge is 0.354 e. The standard InChI is InChI=1S/C16H18N4O3/c1-11(21)12-5-7-13(8-6-12)17-16(23)19-18-15(22)10-14-4-3-9-20(14)2/h3-9H,10H2,1-2H3,(H,18,22)(H2,17,19,23). The average Bonchev–Trinajstić information content (AvgIpc) is 2.91. The molecule has 0 unspecified atom stereocenters. The highest BCUT2D eigenvalue weighted by Crippen LogP contribution is 2.09. The predicted molar refractivity (Wildman–Crippen MR) is 85.9 cm³/mol. The number of hydrogen-bond donors (Lipinski definition) is 3. The minimum absolute atomic E-state index is 0.0473. The molecule has 0 saturated carbocycles. The number of hydrogen-bond acceptors (Lipinski definition) is 3. The highest BCUT2D eigenvalue weighted by Gasteiger charge is 2.08. The normalized spacial score (nSPS) is 10.0. The fourth-order valence-electron chi connectivity index (χ4n) is 1.97. The second-order valence-electron chi connectivity index (χ2n) is 5.05. The van der Waals surface area contributed by atoms with Gasteiger partial charge in [0.2, 0.25) is 5.91 Å². The topological polar surface area (TPSA) is 92.2 Å². The van der Waals surface area contributed by atoms with Gasteiger partial charge in [0, 0.05) is 30.2 Å². The lowest BCUT2D eigenvalue weighted by Crippen LogP contribution is -2.44. The summed E-state index contributed by atoms with van der Waals surface area (Å²) in [5, 5.41) is 2.55. The summed E-state index contributed by atoms with van der Waals surface area (Å²) in [6, 6.07) is 9.56. The molecular formula is C16H18N4O3. The molecule has 2 rings (SSSR count). The summed E-state index contributed by atoms with van der Waals surface area (Å²) in [7, 11) is 1.84. The number of rotatable bonds is 4. The third-order valence-corrected chi connectivity index (χ3v) is 3.26. The van der Waals surface area contributed by atoms with Gasteiger partial charge in [0.1, 0.15) is 0 Å². The molecule has 3 N–H and O–H groups in total. The number of ketones is 1. The number of carbonyl (C=O) groups excluding carboxylic acids is 3. The summed E-state index contributed by atoms with van der Waals surface area (Å²) in [4.78, 5) is 34.6. The zero-order valence-corrected chi connectivity index (χ0v) is 12.9. The van der Waals surface area contributed by atoms with Crippen molar-refractivity contribution in [3.05, 3.63) is 53.9 Å². The molecule has 0 atom stereocenters. The molecule has 0 fully saturated rings. The van der Waals surface area contributed by atoms with Gasteiger partial charge in [0.05, 0.1) is 6.42 Å². The Bertz CT molecular complexity index is 719. The van der Waals surface area contributed by atoms with Crippen LogP contribution in [0.2, 0.25) is 0 Å². The zero-order chi connectivity index (χ0) is 16.8. The second-order valence-corrected chi connectivity index (χ2v) is 5.05. The van der Waals surface area contributed by atoms with E-state index in [1.807, 2.05) is 29.9 Å². The number of aryl methyl sites for hydroxylation is 1. The molecule has 120 valence electrons. The number of nitrogens with zero attached hydrogens (tertiary/aromatic N) is 1. The lowest BCUT2D eigenvalue weighted by Gasteiger charge is -2.09. The summed E-state index contributed by atoms with van der Waals surface area (Å²) in [5.41, 5.74) is 6.52. The number of Topliss-reactive ketones (excluding diaryl/α,β-unsaturated/α-hetero) is 1. The summed E-state index contributed by atoms with van der Waals surface area (Å²) < 4.78 is 1.83. The van der Waals surface area contributed by atoms with Crippen molar-refractivity contribution in [1.82, 2.24) is 15.4 Å². The molecule has 7 heteroatoms. The average molecular weight is 314 g/mol. The fourth-order valence-corrected chi connectivity index (χ4v) is 1.97. The maximum absolute atomic E-state index is 11.7. The summed E-state index contributed by atoms with van der Waals surface area (Å²) in [5.74, 6) is -0.372. The van der Waals surface area contributed by atoms with Crippen molar-refractivity contribution < 1.29 is 14.4 Å². The molecule has 7 nitrogen and oxygen atoms in total. The highest BCUT2D eigenvalue weighted by molar-refractivity contribution is 5.95. The molecule has 1 aromatic carbocycles. The van der Waals surface area contributed by atoms with E-state index >= 15 is 0 Å². The Morgan fingerprint density at radius 2 is 1.74 bits per heavy atom. The molecular weight excluding hydrogens is 296 g/mol. The van der Waals surface area contributed by atoms with Crippen LogP contribution in [0.3, 0.4) is 0 Å². The van der Waals surface area contributed by atoms with Crippen LogP contribution in [-0.2, 0) is 18.3 Å². The molecule has 23 heavy (non-hydrogen) atoms. The van der Waals surface area contributed by atoms with E-state index in [9.17, 15) is 14.4 Å². The first-order valence-corrected chi connectivity index (χ1v) is 7.03. The van der Waals surface area contributed by atoms with Crippen LogP contribution in [0.4, 0.5) is 10.5 Å². The van der Waals surface area contributed by atoms with Crippen LogP contribution in [0, 0.1) is 0 Å².